The van der Waals surface area contributed by atoms with E-state index >= 15 is 0 Å². The van der Waals surface area contributed by atoms with Crippen LogP contribution in [0.15, 0.2) is 18.3 Å². The summed E-state index contributed by atoms with van der Waals surface area (Å²) in [5.74, 6) is -0.743. The lowest BCUT2D eigenvalue weighted by atomic mass is 10.0. The maximum absolute atomic E-state index is 12.9. The van der Waals surface area contributed by atoms with Crippen LogP contribution in [-0.4, -0.2) is 41.0 Å². The second-order valence-corrected chi connectivity index (χ2v) is 6.09. The van der Waals surface area contributed by atoms with Gasteiger partial charge in [-0.3, -0.25) is 14.7 Å². The number of halogens is 3. The van der Waals surface area contributed by atoms with Crippen LogP contribution in [0.2, 0.25) is 0 Å². The number of nitrogens with zero attached hydrogens (tertiary/aromatic N) is 2. The highest BCUT2D eigenvalue weighted by molar-refractivity contribution is 5.95. The molecule has 0 aliphatic carbocycles. The molecule has 2 rings (SSSR count). The molecule has 1 saturated heterocycles. The number of carbonyl (C=O) groups is 1. The smallest absolute Gasteiger partial charge is 0.350 e. The quantitative estimate of drug-likeness (QED) is 0.929. The summed E-state index contributed by atoms with van der Waals surface area (Å²) in [6.07, 6.45) is -1.39. The highest BCUT2D eigenvalue weighted by atomic mass is 19.4. The summed E-state index contributed by atoms with van der Waals surface area (Å²) < 4.78 is 38.6. The molecule has 0 radical (unpaired) electrons. The highest BCUT2D eigenvalue weighted by Crippen LogP contribution is 2.30. The molecule has 1 aromatic heterocycles. The van der Waals surface area contributed by atoms with E-state index in [4.69, 9.17) is 0 Å². The number of hydrogen-bond acceptors (Lipinski definition) is 3. The van der Waals surface area contributed by atoms with E-state index in [-0.39, 0.29) is 12.1 Å². The first kappa shape index (κ1) is 16.7. The van der Waals surface area contributed by atoms with Crippen molar-refractivity contribution in [2.24, 2.45) is 0 Å². The van der Waals surface area contributed by atoms with E-state index in [1.54, 1.807) is 0 Å². The minimum atomic E-state index is -4.64. The predicted molar refractivity (Wildman–Crippen MR) is 76.5 cm³/mol. The Labute approximate surface area is 127 Å². The van der Waals surface area contributed by atoms with Gasteiger partial charge in [0.15, 0.2) is 5.69 Å². The topological polar surface area (TPSA) is 45.2 Å². The molecule has 1 aliphatic heterocycles. The molecule has 4 nitrogen and oxygen atoms in total. The predicted octanol–water partition coefficient (Wildman–Crippen LogP) is 2.70. The van der Waals surface area contributed by atoms with E-state index < -0.39 is 23.3 Å². The molecule has 22 heavy (non-hydrogen) atoms. The molecule has 2 heterocycles. The highest BCUT2D eigenvalue weighted by Gasteiger charge is 2.37. The van der Waals surface area contributed by atoms with Crippen molar-refractivity contribution in [1.29, 1.82) is 0 Å². The zero-order valence-corrected chi connectivity index (χ0v) is 12.7. The Hall–Kier alpha value is -1.63. The molecule has 7 heteroatoms. The molecule has 0 saturated carbocycles. The summed E-state index contributed by atoms with van der Waals surface area (Å²) in [5, 5.41) is 2.61. The maximum Gasteiger partial charge on any atom is 0.434 e. The molecule has 0 unspecified atom stereocenters. The molecule has 0 atom stereocenters. The van der Waals surface area contributed by atoms with Crippen molar-refractivity contribution in [3.8, 4) is 0 Å². The van der Waals surface area contributed by atoms with Gasteiger partial charge in [-0.1, -0.05) is 0 Å². The number of likely N-dealkylation sites (tertiary alicyclic amines) is 1. The normalized spacial score (nSPS) is 16.8. The molecular formula is C15H20F3N3O. The molecule has 0 bridgehead atoms. The first-order chi connectivity index (χ1) is 10.2. The fourth-order valence-electron chi connectivity index (χ4n) is 2.64. The van der Waals surface area contributed by atoms with Crippen molar-refractivity contribution in [3.05, 3.63) is 29.6 Å². The van der Waals surface area contributed by atoms with Crippen LogP contribution < -0.4 is 5.32 Å². The standard InChI is InChI=1S/C15H20F3N3O/c1-14(2,21-8-3-4-9-21)10-20-13(22)11-6-5-7-19-12(11)15(16,17)18/h5-7H,3-4,8-10H2,1-2H3,(H,20,22). The lowest BCUT2D eigenvalue weighted by Gasteiger charge is -2.35. The van der Waals surface area contributed by atoms with Gasteiger partial charge >= 0.3 is 6.18 Å². The Kier molecular flexibility index (Phi) is 4.75. The van der Waals surface area contributed by atoms with Crippen LogP contribution in [0.25, 0.3) is 0 Å². The third kappa shape index (κ3) is 3.76. The van der Waals surface area contributed by atoms with E-state index in [9.17, 15) is 18.0 Å². The number of amides is 1. The van der Waals surface area contributed by atoms with Gasteiger partial charge in [0, 0.05) is 18.3 Å². The van der Waals surface area contributed by atoms with Crippen LogP contribution in [0.3, 0.4) is 0 Å². The van der Waals surface area contributed by atoms with Crippen LogP contribution in [0.4, 0.5) is 13.2 Å². The van der Waals surface area contributed by atoms with E-state index in [2.05, 4.69) is 15.2 Å². The zero-order valence-electron chi connectivity index (χ0n) is 12.7. The first-order valence-electron chi connectivity index (χ1n) is 7.27. The summed E-state index contributed by atoms with van der Waals surface area (Å²) >= 11 is 0. The van der Waals surface area contributed by atoms with Crippen LogP contribution in [0, 0.1) is 0 Å². The van der Waals surface area contributed by atoms with Gasteiger partial charge < -0.3 is 5.32 Å². The Bertz CT molecular complexity index is 537. The summed E-state index contributed by atoms with van der Waals surface area (Å²) in [5.41, 5.74) is -1.87. The Morgan fingerprint density at radius 1 is 1.32 bits per heavy atom. The van der Waals surface area contributed by atoms with E-state index in [1.807, 2.05) is 13.8 Å². The second-order valence-electron chi connectivity index (χ2n) is 6.09. The number of pyridine rings is 1. The van der Waals surface area contributed by atoms with E-state index in [0.29, 0.717) is 0 Å². The lowest BCUT2D eigenvalue weighted by Crippen LogP contribution is -2.50. The van der Waals surface area contributed by atoms with Gasteiger partial charge in [-0.05, 0) is 51.9 Å². The van der Waals surface area contributed by atoms with Crippen molar-refractivity contribution in [2.75, 3.05) is 19.6 Å². The molecule has 0 aromatic carbocycles. The van der Waals surface area contributed by atoms with E-state index in [1.165, 1.54) is 6.07 Å². The molecule has 1 fully saturated rings. The van der Waals surface area contributed by atoms with Crippen LogP contribution in [0.5, 0.6) is 0 Å². The number of alkyl halides is 3. The average molecular weight is 315 g/mol. The Morgan fingerprint density at radius 2 is 1.95 bits per heavy atom. The van der Waals surface area contributed by atoms with Gasteiger partial charge in [0.25, 0.3) is 5.91 Å². The number of rotatable bonds is 4. The van der Waals surface area contributed by atoms with E-state index in [0.717, 1.165) is 38.2 Å². The monoisotopic (exact) mass is 315 g/mol. The summed E-state index contributed by atoms with van der Waals surface area (Å²) in [7, 11) is 0. The van der Waals surface area contributed by atoms with Crippen LogP contribution in [-0.2, 0) is 6.18 Å². The maximum atomic E-state index is 12.9. The number of nitrogens with one attached hydrogen (secondary N) is 1. The Morgan fingerprint density at radius 3 is 2.55 bits per heavy atom. The molecule has 122 valence electrons. The fraction of sp³-hybridized carbons (Fsp3) is 0.600. The van der Waals surface area contributed by atoms with Crippen LogP contribution >= 0.6 is 0 Å². The first-order valence-corrected chi connectivity index (χ1v) is 7.27. The van der Waals surface area contributed by atoms with Gasteiger partial charge in [0.2, 0.25) is 0 Å². The van der Waals surface area contributed by atoms with Gasteiger partial charge in [-0.2, -0.15) is 13.2 Å². The lowest BCUT2D eigenvalue weighted by molar-refractivity contribution is -0.141. The summed E-state index contributed by atoms with van der Waals surface area (Å²) in [6, 6.07) is 2.48. The van der Waals surface area contributed by atoms with Gasteiger partial charge in [0.1, 0.15) is 0 Å². The zero-order chi connectivity index (χ0) is 16.4. The molecule has 1 amide bonds. The third-order valence-electron chi connectivity index (χ3n) is 3.96. The molecule has 1 N–H and O–H groups in total. The minimum Gasteiger partial charge on any atom is -0.350 e. The molecular weight excluding hydrogens is 295 g/mol. The summed E-state index contributed by atoms with van der Waals surface area (Å²) in [6.45, 7) is 6.14. The van der Waals surface area contributed by atoms with Crippen molar-refractivity contribution in [1.82, 2.24) is 15.2 Å². The third-order valence-corrected chi connectivity index (χ3v) is 3.96. The molecule has 1 aromatic rings. The Balaban J connectivity index is 2.07. The van der Waals surface area contributed by atoms with Gasteiger partial charge in [0.05, 0.1) is 5.56 Å². The minimum absolute atomic E-state index is 0.285. The van der Waals surface area contributed by atoms with Crippen molar-refractivity contribution < 1.29 is 18.0 Å². The SMILES string of the molecule is CC(C)(CNC(=O)c1cccnc1C(F)(F)F)N1CCCC1. The van der Waals surface area contributed by atoms with Gasteiger partial charge in [-0.25, -0.2) is 0 Å². The fourth-order valence-corrected chi connectivity index (χ4v) is 2.64. The number of carbonyl (C=O) groups excluding carboxylic acids is 1. The van der Waals surface area contributed by atoms with Crippen molar-refractivity contribution in [3.63, 3.8) is 0 Å². The van der Waals surface area contributed by atoms with Crippen molar-refractivity contribution >= 4 is 5.91 Å². The largest absolute Gasteiger partial charge is 0.434 e. The van der Waals surface area contributed by atoms with Crippen LogP contribution in [0.1, 0.15) is 42.7 Å². The number of aromatic nitrogens is 1. The molecule has 0 spiro atoms. The van der Waals surface area contributed by atoms with Crippen molar-refractivity contribution in [2.45, 2.75) is 38.4 Å². The second kappa shape index (κ2) is 6.24. The van der Waals surface area contributed by atoms with Gasteiger partial charge in [-0.15, -0.1) is 0 Å². The molecule has 1 aliphatic rings. The summed E-state index contributed by atoms with van der Waals surface area (Å²) in [4.78, 5) is 17.6. The number of hydrogen-bond donors (Lipinski definition) is 1. The average Bonchev–Trinajstić information content (AvgIpc) is 2.99.